The van der Waals surface area contributed by atoms with Crippen LogP contribution in [0.4, 0.5) is 5.69 Å². The summed E-state index contributed by atoms with van der Waals surface area (Å²) in [6.45, 7) is 7.43. The Balaban J connectivity index is 1.60. The van der Waals surface area contributed by atoms with E-state index in [0.29, 0.717) is 37.7 Å². The predicted octanol–water partition coefficient (Wildman–Crippen LogP) is 4.58. The molecule has 1 aliphatic heterocycles. The molecule has 0 saturated heterocycles. The maximum atomic E-state index is 13.7. The molecule has 0 fully saturated rings. The van der Waals surface area contributed by atoms with Crippen molar-refractivity contribution in [3.05, 3.63) is 118 Å². The number of esters is 1. The van der Waals surface area contributed by atoms with Gasteiger partial charge in [0.15, 0.2) is 4.80 Å². The zero-order valence-electron chi connectivity index (χ0n) is 21.8. The van der Waals surface area contributed by atoms with Crippen molar-refractivity contribution in [1.82, 2.24) is 4.57 Å². The number of hydrogen-bond acceptors (Lipinski definition) is 8. The summed E-state index contributed by atoms with van der Waals surface area (Å²) >= 11 is 1.21. The Morgan fingerprint density at radius 3 is 2.56 bits per heavy atom. The molecular weight excluding hydrogens is 518 g/mol. The van der Waals surface area contributed by atoms with Crippen molar-refractivity contribution in [2.75, 3.05) is 6.61 Å². The lowest BCUT2D eigenvalue weighted by molar-refractivity contribution is -0.384. The maximum Gasteiger partial charge on any atom is 0.338 e. The van der Waals surface area contributed by atoms with Crippen molar-refractivity contribution in [3.8, 4) is 11.3 Å². The minimum atomic E-state index is -0.682. The second-order valence-corrected chi connectivity index (χ2v) is 10.2. The fourth-order valence-corrected chi connectivity index (χ4v) is 5.62. The fourth-order valence-electron chi connectivity index (χ4n) is 4.60. The molecule has 198 valence electrons. The molecule has 0 saturated carbocycles. The van der Waals surface area contributed by atoms with Gasteiger partial charge in [0.2, 0.25) is 0 Å². The monoisotopic (exact) mass is 543 g/mol. The fraction of sp³-hybridized carbons (Fsp3) is 0.207. The third-order valence-electron chi connectivity index (χ3n) is 6.50. The normalized spacial score (nSPS) is 15.2. The van der Waals surface area contributed by atoms with Crippen molar-refractivity contribution in [1.29, 1.82) is 0 Å². The molecule has 2 aromatic heterocycles. The summed E-state index contributed by atoms with van der Waals surface area (Å²) in [6.07, 6.45) is 1.64. The van der Waals surface area contributed by atoms with E-state index in [9.17, 15) is 19.7 Å². The first-order chi connectivity index (χ1) is 18.7. The summed E-state index contributed by atoms with van der Waals surface area (Å²) in [5.41, 5.74) is 3.78. The largest absolute Gasteiger partial charge is 0.463 e. The Kier molecular flexibility index (Phi) is 6.88. The van der Waals surface area contributed by atoms with E-state index in [0.717, 1.165) is 16.7 Å². The van der Waals surface area contributed by atoms with E-state index in [2.05, 4.69) is 4.99 Å². The highest BCUT2D eigenvalue weighted by Crippen LogP contribution is 2.31. The number of fused-ring (bicyclic) bond motifs is 1. The van der Waals surface area contributed by atoms with Gasteiger partial charge in [-0.3, -0.25) is 19.5 Å². The number of nitrogens with zero attached hydrogens (tertiary/aromatic N) is 3. The highest BCUT2D eigenvalue weighted by Gasteiger charge is 2.33. The number of benzene rings is 2. The molecular formula is C29H25N3O6S. The van der Waals surface area contributed by atoms with E-state index in [-0.39, 0.29) is 17.9 Å². The lowest BCUT2D eigenvalue weighted by atomic mass is 9.95. The van der Waals surface area contributed by atoms with E-state index < -0.39 is 16.9 Å². The van der Waals surface area contributed by atoms with Crippen molar-refractivity contribution in [3.63, 3.8) is 0 Å². The van der Waals surface area contributed by atoms with E-state index in [1.807, 2.05) is 31.2 Å². The number of nitro groups is 1. The summed E-state index contributed by atoms with van der Waals surface area (Å²) in [4.78, 5) is 42.4. The van der Waals surface area contributed by atoms with Crippen LogP contribution < -0.4 is 14.9 Å². The summed E-state index contributed by atoms with van der Waals surface area (Å²) in [5, 5.41) is 11.1. The number of nitro benzene ring substituents is 1. The molecule has 0 amide bonds. The molecule has 2 aromatic carbocycles. The smallest absolute Gasteiger partial charge is 0.338 e. The Labute approximate surface area is 227 Å². The zero-order chi connectivity index (χ0) is 27.8. The van der Waals surface area contributed by atoms with Gasteiger partial charge in [0.05, 0.1) is 33.4 Å². The number of carbonyl (C=O) groups excluding carboxylic acids is 1. The molecule has 0 aliphatic carbocycles. The summed E-state index contributed by atoms with van der Waals surface area (Å²) in [5.74, 6) is 0.466. The summed E-state index contributed by atoms with van der Waals surface area (Å²) in [6, 6.07) is 15.1. The van der Waals surface area contributed by atoms with Crippen LogP contribution in [-0.4, -0.2) is 22.1 Å². The third kappa shape index (κ3) is 4.86. The molecule has 3 heterocycles. The minimum Gasteiger partial charge on any atom is -0.463 e. The average molecular weight is 544 g/mol. The summed E-state index contributed by atoms with van der Waals surface area (Å²) < 4.78 is 13.3. The van der Waals surface area contributed by atoms with Crippen molar-refractivity contribution < 1.29 is 18.9 Å². The Hall–Kier alpha value is -4.57. The molecule has 0 spiro atoms. The molecule has 0 bridgehead atoms. The summed E-state index contributed by atoms with van der Waals surface area (Å²) in [7, 11) is 0. The molecule has 0 N–H and O–H groups in total. The standard InChI is InChI=1S/C29H25N3O6S/c1-5-37-28(34)25-18(4)30-29-31(26(25)19-8-6-16(2)7-9-19)27(33)24(39-29)15-21-11-13-23(38-21)22-12-10-20(32(35)36)14-17(22)3/h6-15,26H,5H2,1-4H3/b24-15-/t26-/m0/s1. The number of rotatable bonds is 6. The molecule has 1 atom stereocenters. The van der Waals surface area contributed by atoms with Crippen molar-refractivity contribution in [2.24, 2.45) is 4.99 Å². The van der Waals surface area contributed by atoms with Crippen molar-refractivity contribution in [2.45, 2.75) is 33.7 Å². The molecule has 4 aromatic rings. The molecule has 9 nitrogen and oxygen atoms in total. The second-order valence-electron chi connectivity index (χ2n) is 9.17. The minimum absolute atomic E-state index is 0.00440. The van der Waals surface area contributed by atoms with Crippen LogP contribution in [0.1, 0.15) is 42.3 Å². The SMILES string of the molecule is CCOC(=O)C1=C(C)N=c2s/c(=C\c3ccc(-c4ccc([N+](=O)[O-])cc4C)o3)c(=O)n2[C@H]1c1ccc(C)cc1. The van der Waals surface area contributed by atoms with Crippen LogP contribution in [0.3, 0.4) is 0 Å². The molecule has 0 radical (unpaired) electrons. The number of aryl methyl sites for hydroxylation is 2. The number of allylic oxidation sites excluding steroid dienone is 1. The van der Waals surface area contributed by atoms with Crippen LogP contribution in [0.5, 0.6) is 0 Å². The number of aromatic nitrogens is 1. The lowest BCUT2D eigenvalue weighted by Crippen LogP contribution is -2.39. The van der Waals surface area contributed by atoms with Gasteiger partial charge in [-0.05, 0) is 57.0 Å². The van der Waals surface area contributed by atoms with Crippen LogP contribution in [0, 0.1) is 24.0 Å². The number of hydrogen-bond donors (Lipinski definition) is 0. The number of non-ortho nitro benzene ring substituents is 1. The Morgan fingerprint density at radius 2 is 1.90 bits per heavy atom. The molecule has 0 unspecified atom stereocenters. The van der Waals surface area contributed by atoms with Crippen LogP contribution in [0.25, 0.3) is 17.4 Å². The predicted molar refractivity (Wildman–Crippen MR) is 147 cm³/mol. The van der Waals surface area contributed by atoms with Gasteiger partial charge in [0, 0.05) is 23.8 Å². The number of carbonyl (C=O) groups is 1. The average Bonchev–Trinajstić information content (AvgIpc) is 3.48. The van der Waals surface area contributed by atoms with E-state index >= 15 is 0 Å². The zero-order valence-corrected chi connectivity index (χ0v) is 22.6. The van der Waals surface area contributed by atoms with Gasteiger partial charge < -0.3 is 9.15 Å². The van der Waals surface area contributed by atoms with Crippen LogP contribution in [-0.2, 0) is 9.53 Å². The number of ether oxygens (including phenoxy) is 1. The molecule has 5 rings (SSSR count). The molecule has 10 heteroatoms. The van der Waals surface area contributed by atoms with Crippen LogP contribution >= 0.6 is 11.3 Å². The first-order valence-electron chi connectivity index (χ1n) is 12.3. The Morgan fingerprint density at radius 1 is 1.15 bits per heavy atom. The van der Waals surface area contributed by atoms with Gasteiger partial charge in [0.1, 0.15) is 11.5 Å². The van der Waals surface area contributed by atoms with Gasteiger partial charge in [-0.25, -0.2) is 9.79 Å². The number of furan rings is 1. The second kappa shape index (κ2) is 10.3. The van der Waals surface area contributed by atoms with Crippen LogP contribution in [0.15, 0.2) is 80.1 Å². The van der Waals surface area contributed by atoms with E-state index in [4.69, 9.17) is 9.15 Å². The quantitative estimate of drug-likeness (QED) is 0.200. The van der Waals surface area contributed by atoms with Crippen molar-refractivity contribution >= 4 is 29.1 Å². The lowest BCUT2D eigenvalue weighted by Gasteiger charge is -2.24. The van der Waals surface area contributed by atoms with Gasteiger partial charge in [-0.15, -0.1) is 0 Å². The van der Waals surface area contributed by atoms with E-state index in [1.54, 1.807) is 45.0 Å². The molecule has 1 aliphatic rings. The first kappa shape index (κ1) is 26.1. The highest BCUT2D eigenvalue weighted by atomic mass is 32.1. The number of thiazole rings is 1. The van der Waals surface area contributed by atoms with Gasteiger partial charge in [-0.2, -0.15) is 0 Å². The van der Waals surface area contributed by atoms with Gasteiger partial charge >= 0.3 is 5.97 Å². The highest BCUT2D eigenvalue weighted by molar-refractivity contribution is 7.07. The van der Waals surface area contributed by atoms with Gasteiger partial charge in [-0.1, -0.05) is 41.2 Å². The third-order valence-corrected chi connectivity index (χ3v) is 7.48. The topological polar surface area (TPSA) is 117 Å². The van der Waals surface area contributed by atoms with Gasteiger partial charge in [0.25, 0.3) is 11.2 Å². The maximum absolute atomic E-state index is 13.7. The first-order valence-corrected chi connectivity index (χ1v) is 13.1. The molecule has 39 heavy (non-hydrogen) atoms. The van der Waals surface area contributed by atoms with Crippen LogP contribution in [0.2, 0.25) is 0 Å². The Bertz CT molecular complexity index is 1830. The van der Waals surface area contributed by atoms with E-state index in [1.165, 1.54) is 28.0 Å².